The van der Waals surface area contributed by atoms with Crippen molar-refractivity contribution in [3.63, 3.8) is 0 Å². The van der Waals surface area contributed by atoms with Gasteiger partial charge in [-0.1, -0.05) is 0 Å². The fraction of sp³-hybridized carbons (Fsp3) is 0.571. The van der Waals surface area contributed by atoms with Gasteiger partial charge in [0, 0.05) is 7.05 Å². The molecule has 1 aromatic heterocycles. The summed E-state index contributed by atoms with van der Waals surface area (Å²) in [6.07, 6.45) is -2.46. The summed E-state index contributed by atoms with van der Waals surface area (Å²) in [7, 11) is 1.49. The van der Waals surface area contributed by atoms with Gasteiger partial charge in [0.15, 0.2) is 6.61 Å². The van der Waals surface area contributed by atoms with Gasteiger partial charge in [0.2, 0.25) is 0 Å². The van der Waals surface area contributed by atoms with E-state index in [-0.39, 0.29) is 11.6 Å². The first kappa shape index (κ1) is 11.6. The lowest BCUT2D eigenvalue weighted by molar-refractivity contribution is -0.148. The third-order valence-corrected chi connectivity index (χ3v) is 1.54. The number of aryl methyl sites for hydroxylation is 1. The predicted octanol–water partition coefficient (Wildman–Crippen LogP) is 1.28. The summed E-state index contributed by atoms with van der Waals surface area (Å²) in [5.41, 5.74) is 5.32. The summed E-state index contributed by atoms with van der Waals surface area (Å²) >= 11 is 0. The van der Waals surface area contributed by atoms with Crippen molar-refractivity contribution in [3.05, 3.63) is 6.20 Å². The highest BCUT2D eigenvalue weighted by atomic mass is 19.3. The maximum atomic E-state index is 12.4. The zero-order chi connectivity index (χ0) is 11.6. The SMILES string of the molecule is Cn1cc(N)c(OCC(F)(F)C(F)F)n1. The Morgan fingerprint density at radius 2 is 2.20 bits per heavy atom. The maximum absolute atomic E-state index is 12.4. The number of anilines is 1. The van der Waals surface area contributed by atoms with Gasteiger partial charge >= 0.3 is 12.3 Å². The Bertz CT molecular complexity index is 339. The number of alkyl halides is 4. The molecule has 0 aliphatic heterocycles. The van der Waals surface area contributed by atoms with E-state index in [0.29, 0.717) is 0 Å². The molecule has 0 fully saturated rings. The molecule has 0 bridgehead atoms. The van der Waals surface area contributed by atoms with Crippen LogP contribution < -0.4 is 10.5 Å². The van der Waals surface area contributed by atoms with E-state index in [4.69, 9.17) is 5.73 Å². The Morgan fingerprint density at radius 1 is 1.60 bits per heavy atom. The smallest absolute Gasteiger partial charge is 0.340 e. The van der Waals surface area contributed by atoms with Gasteiger partial charge in [-0.25, -0.2) is 8.78 Å². The molecule has 0 atom stereocenters. The number of nitrogens with two attached hydrogens (primary N) is 1. The van der Waals surface area contributed by atoms with Crippen LogP contribution in [0.15, 0.2) is 6.20 Å². The fourth-order valence-electron chi connectivity index (χ4n) is 0.826. The molecule has 4 nitrogen and oxygen atoms in total. The monoisotopic (exact) mass is 227 g/mol. The molecule has 1 heterocycles. The largest absolute Gasteiger partial charge is 0.469 e. The van der Waals surface area contributed by atoms with E-state index in [1.165, 1.54) is 17.9 Å². The van der Waals surface area contributed by atoms with Crippen LogP contribution in [0.25, 0.3) is 0 Å². The van der Waals surface area contributed by atoms with Crippen molar-refractivity contribution in [1.82, 2.24) is 9.78 Å². The van der Waals surface area contributed by atoms with E-state index in [2.05, 4.69) is 9.84 Å². The minimum absolute atomic E-state index is 0.0163. The number of ether oxygens (including phenoxy) is 1. The van der Waals surface area contributed by atoms with Crippen LogP contribution in [-0.2, 0) is 7.05 Å². The summed E-state index contributed by atoms with van der Waals surface area (Å²) in [5.74, 6) is -4.48. The quantitative estimate of drug-likeness (QED) is 0.788. The van der Waals surface area contributed by atoms with Crippen LogP contribution in [0.4, 0.5) is 23.2 Å². The second-order valence-electron chi connectivity index (χ2n) is 2.91. The van der Waals surface area contributed by atoms with Crippen LogP contribution in [0.1, 0.15) is 0 Å². The van der Waals surface area contributed by atoms with Crippen LogP contribution in [0.5, 0.6) is 5.88 Å². The first-order valence-corrected chi connectivity index (χ1v) is 3.91. The Balaban J connectivity index is 2.61. The van der Waals surface area contributed by atoms with Crippen LogP contribution in [0, 0.1) is 0 Å². The van der Waals surface area contributed by atoms with E-state index >= 15 is 0 Å². The first-order chi connectivity index (χ1) is 6.83. The summed E-state index contributed by atoms with van der Waals surface area (Å²) < 4.78 is 53.9. The molecule has 0 saturated heterocycles. The second kappa shape index (κ2) is 3.95. The van der Waals surface area contributed by atoms with Crippen molar-refractivity contribution < 1.29 is 22.3 Å². The lowest BCUT2D eigenvalue weighted by Crippen LogP contribution is -2.33. The second-order valence-corrected chi connectivity index (χ2v) is 2.91. The van der Waals surface area contributed by atoms with Gasteiger partial charge in [-0.3, -0.25) is 4.68 Å². The highest BCUT2D eigenvalue weighted by molar-refractivity contribution is 5.45. The van der Waals surface area contributed by atoms with Gasteiger partial charge in [0.05, 0.1) is 6.20 Å². The highest BCUT2D eigenvalue weighted by Gasteiger charge is 2.42. The topological polar surface area (TPSA) is 53.1 Å². The van der Waals surface area contributed by atoms with E-state index in [9.17, 15) is 17.6 Å². The standard InChI is InChI=1S/C7H9F4N3O/c1-14-2-4(12)5(13-14)15-3-7(10,11)6(8)9/h2,6H,3,12H2,1H3. The maximum Gasteiger partial charge on any atom is 0.340 e. The fourth-order valence-corrected chi connectivity index (χ4v) is 0.826. The number of aromatic nitrogens is 2. The van der Waals surface area contributed by atoms with Crippen LogP contribution in [0.2, 0.25) is 0 Å². The van der Waals surface area contributed by atoms with E-state index in [0.717, 1.165) is 0 Å². The predicted molar refractivity (Wildman–Crippen MR) is 44.1 cm³/mol. The molecular formula is C7H9F4N3O. The van der Waals surface area contributed by atoms with Crippen molar-refractivity contribution >= 4 is 5.69 Å². The normalized spacial score (nSPS) is 12.1. The van der Waals surface area contributed by atoms with Gasteiger partial charge in [-0.15, -0.1) is 5.10 Å². The Morgan fingerprint density at radius 3 is 2.60 bits per heavy atom. The molecule has 0 aliphatic rings. The van der Waals surface area contributed by atoms with Crippen molar-refractivity contribution in [2.24, 2.45) is 7.05 Å². The Kier molecular flexibility index (Phi) is 3.06. The van der Waals surface area contributed by atoms with Crippen LogP contribution in [0.3, 0.4) is 0 Å². The molecule has 2 N–H and O–H groups in total. The molecule has 0 aliphatic carbocycles. The van der Waals surface area contributed by atoms with Crippen LogP contribution >= 0.6 is 0 Å². The summed E-state index contributed by atoms with van der Waals surface area (Å²) in [6.45, 7) is -1.45. The number of halogens is 4. The lowest BCUT2D eigenvalue weighted by atomic mass is 10.4. The molecule has 8 heteroatoms. The van der Waals surface area contributed by atoms with Gasteiger partial charge < -0.3 is 10.5 Å². The average molecular weight is 227 g/mol. The minimum atomic E-state index is -4.20. The lowest BCUT2D eigenvalue weighted by Gasteiger charge is -2.14. The summed E-state index contributed by atoms with van der Waals surface area (Å²) in [5, 5.41) is 3.56. The Labute approximate surface area is 82.6 Å². The van der Waals surface area contributed by atoms with Crippen molar-refractivity contribution in [1.29, 1.82) is 0 Å². The molecule has 0 spiro atoms. The molecule has 1 aromatic rings. The van der Waals surface area contributed by atoms with E-state index in [1.54, 1.807) is 0 Å². The van der Waals surface area contributed by atoms with E-state index < -0.39 is 19.0 Å². The molecule has 86 valence electrons. The summed E-state index contributed by atoms with van der Waals surface area (Å²) in [6, 6.07) is 0. The van der Waals surface area contributed by atoms with Gasteiger partial charge in [-0.2, -0.15) is 8.78 Å². The minimum Gasteiger partial charge on any atom is -0.469 e. The van der Waals surface area contributed by atoms with Crippen molar-refractivity contribution in [2.75, 3.05) is 12.3 Å². The Hall–Kier alpha value is -1.47. The molecule has 1 rings (SSSR count). The van der Waals surface area contributed by atoms with Gasteiger partial charge in [-0.05, 0) is 0 Å². The average Bonchev–Trinajstić information content (AvgIpc) is 2.41. The number of hydrogen-bond donors (Lipinski definition) is 1. The number of nitrogen functional groups attached to an aromatic ring is 1. The molecule has 0 saturated carbocycles. The first-order valence-electron chi connectivity index (χ1n) is 3.91. The highest BCUT2D eigenvalue weighted by Crippen LogP contribution is 2.25. The van der Waals surface area contributed by atoms with Crippen molar-refractivity contribution in [2.45, 2.75) is 12.3 Å². The molecule has 0 radical (unpaired) electrons. The molecule has 0 amide bonds. The molecular weight excluding hydrogens is 218 g/mol. The zero-order valence-corrected chi connectivity index (χ0v) is 7.75. The molecule has 0 unspecified atom stereocenters. The number of hydrogen-bond acceptors (Lipinski definition) is 3. The summed E-state index contributed by atoms with van der Waals surface area (Å²) in [4.78, 5) is 0. The zero-order valence-electron chi connectivity index (χ0n) is 7.75. The van der Waals surface area contributed by atoms with Crippen molar-refractivity contribution in [3.8, 4) is 5.88 Å². The van der Waals surface area contributed by atoms with E-state index in [1.807, 2.05) is 0 Å². The molecule has 0 aromatic carbocycles. The third kappa shape index (κ3) is 2.74. The molecule has 15 heavy (non-hydrogen) atoms. The van der Waals surface area contributed by atoms with Crippen LogP contribution in [-0.4, -0.2) is 28.7 Å². The third-order valence-electron chi connectivity index (χ3n) is 1.54. The number of nitrogens with zero attached hydrogens (tertiary/aromatic N) is 2. The number of rotatable bonds is 4. The van der Waals surface area contributed by atoms with Gasteiger partial charge in [0.25, 0.3) is 5.88 Å². The van der Waals surface area contributed by atoms with Gasteiger partial charge in [0.1, 0.15) is 5.69 Å².